The minimum atomic E-state index is -0.298. The molecule has 156 valence electrons. The molecule has 0 aliphatic heterocycles. The highest BCUT2D eigenvalue weighted by Crippen LogP contribution is 2.32. The summed E-state index contributed by atoms with van der Waals surface area (Å²) in [7, 11) is 4.71. The minimum Gasteiger partial charge on any atom is -0.496 e. The summed E-state index contributed by atoms with van der Waals surface area (Å²) < 4.78 is 31.3. The van der Waals surface area contributed by atoms with Crippen LogP contribution in [0, 0.1) is 5.82 Å². The third-order valence-electron chi connectivity index (χ3n) is 4.24. The van der Waals surface area contributed by atoms with E-state index in [2.05, 4.69) is 16.7 Å². The van der Waals surface area contributed by atoms with Crippen LogP contribution in [0.25, 0.3) is 11.3 Å². The maximum atomic E-state index is 13.4. The monoisotopic (exact) mass is 427 g/mol. The SMILES string of the molecule is C=CCN=c1scc(-c2ccc(F)cc2)n1/N=C/c1c(OC)cc(OC)cc1OC. The molecule has 0 aliphatic carbocycles. The Kier molecular flexibility index (Phi) is 7.03. The molecule has 1 heterocycles. The Morgan fingerprint density at radius 2 is 1.73 bits per heavy atom. The fourth-order valence-corrected chi connectivity index (χ4v) is 3.60. The Bertz CT molecular complexity index is 1090. The lowest BCUT2D eigenvalue weighted by atomic mass is 10.1. The van der Waals surface area contributed by atoms with Crippen molar-refractivity contribution in [2.75, 3.05) is 27.9 Å². The van der Waals surface area contributed by atoms with E-state index >= 15 is 0 Å². The summed E-state index contributed by atoms with van der Waals surface area (Å²) in [6.45, 7) is 4.16. The van der Waals surface area contributed by atoms with Crippen LogP contribution in [0.2, 0.25) is 0 Å². The highest BCUT2D eigenvalue weighted by atomic mass is 32.1. The normalized spacial score (nSPS) is 11.7. The molecular formula is C22H22FN3O3S. The zero-order chi connectivity index (χ0) is 21.5. The Morgan fingerprint density at radius 1 is 1.07 bits per heavy atom. The minimum absolute atomic E-state index is 0.298. The number of hydrogen-bond acceptors (Lipinski definition) is 6. The number of halogens is 1. The van der Waals surface area contributed by atoms with Gasteiger partial charge in [0.1, 0.15) is 23.1 Å². The summed E-state index contributed by atoms with van der Waals surface area (Å²) in [5, 5.41) is 6.57. The van der Waals surface area contributed by atoms with E-state index in [1.807, 2.05) is 5.38 Å². The van der Waals surface area contributed by atoms with Crippen LogP contribution < -0.4 is 19.0 Å². The molecule has 0 aliphatic rings. The number of ether oxygens (including phenoxy) is 3. The van der Waals surface area contributed by atoms with E-state index in [4.69, 9.17) is 14.2 Å². The van der Waals surface area contributed by atoms with E-state index in [0.717, 1.165) is 11.3 Å². The lowest BCUT2D eigenvalue weighted by Gasteiger charge is -2.12. The van der Waals surface area contributed by atoms with Gasteiger partial charge in [0, 0.05) is 23.1 Å². The summed E-state index contributed by atoms with van der Waals surface area (Å²) in [4.78, 5) is 5.18. The van der Waals surface area contributed by atoms with Gasteiger partial charge in [0.15, 0.2) is 0 Å². The Hall–Kier alpha value is -3.39. The fourth-order valence-electron chi connectivity index (χ4n) is 2.76. The molecule has 0 fully saturated rings. The second-order valence-corrected chi connectivity index (χ2v) is 6.88. The topological polar surface area (TPSA) is 57.3 Å². The third-order valence-corrected chi connectivity index (χ3v) is 5.09. The molecule has 3 aromatic rings. The lowest BCUT2D eigenvalue weighted by Crippen LogP contribution is -2.12. The molecule has 0 unspecified atom stereocenters. The quantitative estimate of drug-likeness (QED) is 0.397. The lowest BCUT2D eigenvalue weighted by molar-refractivity contribution is 0.374. The van der Waals surface area contributed by atoms with E-state index in [1.54, 1.807) is 62.6 Å². The van der Waals surface area contributed by atoms with E-state index in [9.17, 15) is 4.39 Å². The number of methoxy groups -OCH3 is 3. The molecule has 0 saturated carbocycles. The van der Waals surface area contributed by atoms with Gasteiger partial charge < -0.3 is 14.2 Å². The molecule has 3 rings (SSSR count). The summed E-state index contributed by atoms with van der Waals surface area (Å²) in [6, 6.07) is 9.75. The van der Waals surface area contributed by atoms with Gasteiger partial charge in [-0.15, -0.1) is 17.9 Å². The van der Waals surface area contributed by atoms with Crippen molar-refractivity contribution >= 4 is 17.6 Å². The molecule has 0 bridgehead atoms. The van der Waals surface area contributed by atoms with Gasteiger partial charge in [-0.25, -0.2) is 9.07 Å². The zero-order valence-corrected chi connectivity index (χ0v) is 17.8. The van der Waals surface area contributed by atoms with Crippen molar-refractivity contribution in [1.29, 1.82) is 0 Å². The van der Waals surface area contributed by atoms with Crippen LogP contribution in [0.5, 0.6) is 17.2 Å². The van der Waals surface area contributed by atoms with Gasteiger partial charge in [0.05, 0.1) is 45.3 Å². The molecule has 0 N–H and O–H groups in total. The van der Waals surface area contributed by atoms with E-state index in [-0.39, 0.29) is 5.82 Å². The molecule has 0 radical (unpaired) electrons. The van der Waals surface area contributed by atoms with Crippen LogP contribution in [-0.4, -0.2) is 38.8 Å². The number of thiazole rings is 1. The first-order valence-electron chi connectivity index (χ1n) is 9.03. The number of aromatic nitrogens is 1. The van der Waals surface area contributed by atoms with E-state index in [1.165, 1.54) is 23.5 Å². The number of benzene rings is 2. The molecular weight excluding hydrogens is 405 g/mol. The highest BCUT2D eigenvalue weighted by molar-refractivity contribution is 7.07. The van der Waals surface area contributed by atoms with Crippen molar-refractivity contribution in [3.63, 3.8) is 0 Å². The Morgan fingerprint density at radius 3 is 2.30 bits per heavy atom. The Labute approximate surface area is 178 Å². The largest absolute Gasteiger partial charge is 0.496 e. The maximum absolute atomic E-state index is 13.4. The van der Waals surface area contributed by atoms with Crippen LogP contribution in [0.1, 0.15) is 5.56 Å². The fraction of sp³-hybridized carbons (Fsp3) is 0.182. The van der Waals surface area contributed by atoms with Crippen LogP contribution in [-0.2, 0) is 0 Å². The molecule has 8 heteroatoms. The summed E-state index contributed by atoms with van der Waals surface area (Å²) >= 11 is 1.43. The van der Waals surface area contributed by atoms with Crippen LogP contribution in [0.15, 0.2) is 64.5 Å². The van der Waals surface area contributed by atoms with Crippen molar-refractivity contribution in [2.24, 2.45) is 10.1 Å². The van der Waals surface area contributed by atoms with Gasteiger partial charge in [0.25, 0.3) is 0 Å². The molecule has 2 aromatic carbocycles. The summed E-state index contributed by atoms with van der Waals surface area (Å²) in [5.41, 5.74) is 2.25. The van der Waals surface area contributed by atoms with E-state index in [0.29, 0.717) is 34.2 Å². The smallest absolute Gasteiger partial charge is 0.206 e. The number of nitrogens with zero attached hydrogens (tertiary/aromatic N) is 3. The van der Waals surface area contributed by atoms with Gasteiger partial charge in [0.2, 0.25) is 4.80 Å². The standard InChI is InChI=1S/C22H22FN3O3S/c1-5-10-24-22-26(19(14-30-22)15-6-8-16(23)9-7-15)25-13-18-20(28-3)11-17(27-2)12-21(18)29-4/h5-9,11-14H,1,10H2,2-4H3/b24-22?,25-13+. The van der Waals surface area contributed by atoms with Crippen molar-refractivity contribution in [1.82, 2.24) is 4.68 Å². The second-order valence-electron chi connectivity index (χ2n) is 6.04. The third kappa shape index (κ3) is 4.60. The maximum Gasteiger partial charge on any atom is 0.206 e. The van der Waals surface area contributed by atoms with Gasteiger partial charge in [-0.3, -0.25) is 4.99 Å². The van der Waals surface area contributed by atoms with Gasteiger partial charge in [-0.1, -0.05) is 6.08 Å². The van der Waals surface area contributed by atoms with Gasteiger partial charge in [-0.2, -0.15) is 5.10 Å². The number of rotatable bonds is 8. The highest BCUT2D eigenvalue weighted by Gasteiger charge is 2.13. The molecule has 0 spiro atoms. The van der Waals surface area contributed by atoms with Crippen molar-refractivity contribution < 1.29 is 18.6 Å². The molecule has 0 saturated heterocycles. The molecule has 0 amide bonds. The molecule has 6 nitrogen and oxygen atoms in total. The molecule has 1 aromatic heterocycles. The average molecular weight is 428 g/mol. The first-order chi connectivity index (χ1) is 14.6. The predicted molar refractivity (Wildman–Crippen MR) is 117 cm³/mol. The number of hydrogen-bond donors (Lipinski definition) is 0. The van der Waals surface area contributed by atoms with Crippen molar-refractivity contribution in [3.05, 3.63) is 70.6 Å². The zero-order valence-electron chi connectivity index (χ0n) is 17.0. The van der Waals surface area contributed by atoms with Crippen molar-refractivity contribution in [2.45, 2.75) is 0 Å². The van der Waals surface area contributed by atoms with Crippen LogP contribution >= 0.6 is 11.3 Å². The second kappa shape index (κ2) is 9.89. The first kappa shape index (κ1) is 21.3. The van der Waals surface area contributed by atoms with Crippen LogP contribution in [0.3, 0.4) is 0 Å². The Balaban J connectivity index is 2.14. The first-order valence-corrected chi connectivity index (χ1v) is 9.91. The van der Waals surface area contributed by atoms with Gasteiger partial charge in [-0.05, 0) is 24.3 Å². The van der Waals surface area contributed by atoms with Crippen LogP contribution in [0.4, 0.5) is 4.39 Å². The van der Waals surface area contributed by atoms with E-state index < -0.39 is 0 Å². The van der Waals surface area contributed by atoms with Crippen molar-refractivity contribution in [3.8, 4) is 28.5 Å². The molecule has 0 atom stereocenters. The van der Waals surface area contributed by atoms with Gasteiger partial charge >= 0.3 is 0 Å². The predicted octanol–water partition coefficient (Wildman–Crippen LogP) is 4.35. The molecule has 30 heavy (non-hydrogen) atoms. The average Bonchev–Trinajstić information content (AvgIpc) is 3.18. The summed E-state index contributed by atoms with van der Waals surface area (Å²) in [6.07, 6.45) is 3.35. The summed E-state index contributed by atoms with van der Waals surface area (Å²) in [5.74, 6) is 1.42.